The van der Waals surface area contributed by atoms with E-state index in [4.69, 9.17) is 0 Å². The molecule has 0 fully saturated rings. The molecule has 0 unspecified atom stereocenters. The van der Waals surface area contributed by atoms with Crippen LogP contribution in [0.3, 0.4) is 0 Å². The highest BCUT2D eigenvalue weighted by molar-refractivity contribution is 9.10. The molecule has 0 saturated carbocycles. The first-order chi connectivity index (χ1) is 13.5. The Morgan fingerprint density at radius 3 is 2.68 bits per heavy atom. The van der Waals surface area contributed by atoms with Crippen LogP contribution in [0.25, 0.3) is 0 Å². The summed E-state index contributed by atoms with van der Waals surface area (Å²) in [5.41, 5.74) is 3.76. The second kappa shape index (κ2) is 9.01. The van der Waals surface area contributed by atoms with Crippen LogP contribution in [0, 0.1) is 5.82 Å². The summed E-state index contributed by atoms with van der Waals surface area (Å²) >= 11 is 3.31. The van der Waals surface area contributed by atoms with E-state index in [1.165, 1.54) is 24.5 Å². The predicted molar refractivity (Wildman–Crippen MR) is 108 cm³/mol. The number of nitrogens with one attached hydrogen (secondary N) is 2. The van der Waals surface area contributed by atoms with Crippen molar-refractivity contribution in [2.75, 3.05) is 5.32 Å². The Morgan fingerprint density at radius 2 is 1.93 bits per heavy atom. The molecule has 8 heteroatoms. The number of nitrogens with zero attached hydrogens (tertiary/aromatic N) is 2. The third kappa shape index (κ3) is 5.08. The maximum Gasteiger partial charge on any atom is 0.273 e. The van der Waals surface area contributed by atoms with Crippen LogP contribution < -0.4 is 10.7 Å². The highest BCUT2D eigenvalue weighted by Gasteiger charge is 2.15. The lowest BCUT2D eigenvalue weighted by molar-refractivity contribution is 0.0956. The summed E-state index contributed by atoms with van der Waals surface area (Å²) in [5.74, 6) is -1.33. The number of hydrazone groups is 1. The van der Waals surface area contributed by atoms with E-state index in [9.17, 15) is 14.0 Å². The molecule has 3 rings (SSSR count). The number of benzene rings is 2. The summed E-state index contributed by atoms with van der Waals surface area (Å²) in [7, 11) is 0. The number of aromatic nitrogens is 1. The van der Waals surface area contributed by atoms with Crippen molar-refractivity contribution in [1.29, 1.82) is 0 Å². The van der Waals surface area contributed by atoms with E-state index in [-0.39, 0.29) is 5.56 Å². The van der Waals surface area contributed by atoms with Gasteiger partial charge in [-0.2, -0.15) is 5.10 Å². The lowest BCUT2D eigenvalue weighted by atomic mass is 10.1. The first-order valence-corrected chi connectivity index (χ1v) is 8.92. The number of carbonyl (C=O) groups is 2. The molecule has 2 aromatic carbocycles. The quantitative estimate of drug-likeness (QED) is 0.464. The fourth-order valence-electron chi connectivity index (χ4n) is 2.32. The Hall–Kier alpha value is -3.39. The highest BCUT2D eigenvalue weighted by Crippen LogP contribution is 2.22. The van der Waals surface area contributed by atoms with Crippen molar-refractivity contribution in [3.8, 4) is 0 Å². The van der Waals surface area contributed by atoms with Crippen LogP contribution in [0.4, 0.5) is 10.1 Å². The van der Waals surface area contributed by atoms with Gasteiger partial charge in [0.1, 0.15) is 5.82 Å². The van der Waals surface area contributed by atoms with E-state index in [0.29, 0.717) is 21.3 Å². The SMILES string of the molecule is O=C(Nc1ccc(Br)cc1C(=O)NN=Cc1cccc(F)c1)c1cccnc1. The van der Waals surface area contributed by atoms with Crippen LogP contribution in [0.1, 0.15) is 26.3 Å². The minimum atomic E-state index is -0.532. The lowest BCUT2D eigenvalue weighted by Crippen LogP contribution is -2.21. The van der Waals surface area contributed by atoms with E-state index in [0.717, 1.165) is 0 Å². The molecule has 28 heavy (non-hydrogen) atoms. The van der Waals surface area contributed by atoms with Gasteiger partial charge in [0.15, 0.2) is 0 Å². The zero-order valence-corrected chi connectivity index (χ0v) is 16.0. The van der Waals surface area contributed by atoms with E-state index < -0.39 is 17.6 Å². The van der Waals surface area contributed by atoms with Gasteiger partial charge in [0.2, 0.25) is 0 Å². The first kappa shape index (κ1) is 19.4. The number of anilines is 1. The maximum absolute atomic E-state index is 13.2. The van der Waals surface area contributed by atoms with Gasteiger partial charge in [-0.05, 0) is 48.0 Å². The van der Waals surface area contributed by atoms with E-state index >= 15 is 0 Å². The topological polar surface area (TPSA) is 83.5 Å². The van der Waals surface area contributed by atoms with Gasteiger partial charge < -0.3 is 5.32 Å². The minimum absolute atomic E-state index is 0.211. The van der Waals surface area contributed by atoms with Crippen molar-refractivity contribution in [2.45, 2.75) is 0 Å². The molecule has 0 atom stereocenters. The zero-order valence-electron chi connectivity index (χ0n) is 14.4. The summed E-state index contributed by atoms with van der Waals surface area (Å²) in [6, 6.07) is 13.9. The Bertz CT molecular complexity index is 1040. The van der Waals surface area contributed by atoms with E-state index in [1.54, 1.807) is 48.7 Å². The van der Waals surface area contributed by atoms with Gasteiger partial charge in [-0.1, -0.05) is 28.1 Å². The number of hydrogen-bond acceptors (Lipinski definition) is 4. The third-order valence-corrected chi connectivity index (χ3v) is 4.12. The van der Waals surface area contributed by atoms with Crippen molar-refractivity contribution >= 4 is 39.6 Å². The highest BCUT2D eigenvalue weighted by atomic mass is 79.9. The average Bonchev–Trinajstić information content (AvgIpc) is 2.70. The molecule has 2 N–H and O–H groups in total. The van der Waals surface area contributed by atoms with Crippen LogP contribution in [0.5, 0.6) is 0 Å². The summed E-state index contributed by atoms with van der Waals surface area (Å²) in [6.07, 6.45) is 4.32. The Balaban J connectivity index is 1.76. The second-order valence-electron chi connectivity index (χ2n) is 5.64. The lowest BCUT2D eigenvalue weighted by Gasteiger charge is -2.10. The van der Waals surface area contributed by atoms with Crippen molar-refractivity contribution in [1.82, 2.24) is 10.4 Å². The molecule has 0 aliphatic heterocycles. The zero-order chi connectivity index (χ0) is 19.9. The Morgan fingerprint density at radius 1 is 1.07 bits per heavy atom. The Kier molecular flexibility index (Phi) is 6.23. The van der Waals surface area contributed by atoms with Crippen molar-refractivity contribution in [2.24, 2.45) is 5.10 Å². The molecule has 0 spiro atoms. The van der Waals surface area contributed by atoms with E-state index in [2.05, 4.69) is 36.8 Å². The van der Waals surface area contributed by atoms with Crippen LogP contribution in [-0.2, 0) is 0 Å². The van der Waals surface area contributed by atoms with Crippen LogP contribution in [0.15, 0.2) is 76.6 Å². The normalized spacial score (nSPS) is 10.6. The van der Waals surface area contributed by atoms with Gasteiger partial charge in [-0.3, -0.25) is 14.6 Å². The fourth-order valence-corrected chi connectivity index (χ4v) is 2.68. The molecule has 0 radical (unpaired) electrons. The fraction of sp³-hybridized carbons (Fsp3) is 0. The molecular formula is C20H14BrFN4O2. The van der Waals surface area contributed by atoms with Gasteiger partial charge in [0.05, 0.1) is 23.0 Å². The standard InChI is InChI=1S/C20H14BrFN4O2/c21-15-6-7-18(25-19(27)14-4-2-8-23-12-14)17(10-15)20(28)26-24-11-13-3-1-5-16(22)9-13/h1-12H,(H,25,27)(H,26,28). The number of pyridine rings is 1. The number of rotatable bonds is 5. The van der Waals surface area contributed by atoms with E-state index in [1.807, 2.05) is 0 Å². The van der Waals surface area contributed by atoms with Crippen LogP contribution >= 0.6 is 15.9 Å². The van der Waals surface area contributed by atoms with Crippen molar-refractivity contribution in [3.05, 3.63) is 94.0 Å². The predicted octanol–water partition coefficient (Wildman–Crippen LogP) is 4.00. The number of amides is 2. The molecular weight excluding hydrogens is 427 g/mol. The number of carbonyl (C=O) groups excluding carboxylic acids is 2. The van der Waals surface area contributed by atoms with Crippen LogP contribution in [0.2, 0.25) is 0 Å². The molecule has 6 nitrogen and oxygen atoms in total. The molecule has 2 amide bonds. The minimum Gasteiger partial charge on any atom is -0.321 e. The third-order valence-electron chi connectivity index (χ3n) is 3.63. The average molecular weight is 441 g/mol. The molecule has 0 aliphatic carbocycles. The number of halogens is 2. The number of hydrogen-bond donors (Lipinski definition) is 2. The molecule has 0 saturated heterocycles. The van der Waals surface area contributed by atoms with Gasteiger partial charge in [-0.25, -0.2) is 9.82 Å². The summed E-state index contributed by atoms with van der Waals surface area (Å²) in [4.78, 5) is 28.8. The summed E-state index contributed by atoms with van der Waals surface area (Å²) in [5, 5.41) is 6.53. The molecule has 1 heterocycles. The van der Waals surface area contributed by atoms with Crippen molar-refractivity contribution < 1.29 is 14.0 Å². The van der Waals surface area contributed by atoms with Gasteiger partial charge >= 0.3 is 0 Å². The van der Waals surface area contributed by atoms with Gasteiger partial charge in [0.25, 0.3) is 11.8 Å². The summed E-state index contributed by atoms with van der Waals surface area (Å²) in [6.45, 7) is 0. The molecule has 0 bridgehead atoms. The first-order valence-electron chi connectivity index (χ1n) is 8.13. The van der Waals surface area contributed by atoms with Crippen molar-refractivity contribution in [3.63, 3.8) is 0 Å². The van der Waals surface area contributed by atoms with Gasteiger partial charge in [0, 0.05) is 16.9 Å². The maximum atomic E-state index is 13.2. The molecule has 1 aromatic heterocycles. The Labute approximate surface area is 168 Å². The molecule has 0 aliphatic rings. The smallest absolute Gasteiger partial charge is 0.273 e. The second-order valence-corrected chi connectivity index (χ2v) is 6.56. The summed E-state index contributed by atoms with van der Waals surface area (Å²) < 4.78 is 13.8. The van der Waals surface area contributed by atoms with Gasteiger partial charge in [-0.15, -0.1) is 0 Å². The van der Waals surface area contributed by atoms with Crippen LogP contribution in [-0.4, -0.2) is 23.0 Å². The monoisotopic (exact) mass is 440 g/mol. The molecule has 140 valence electrons. The molecule has 3 aromatic rings. The largest absolute Gasteiger partial charge is 0.321 e.